The summed E-state index contributed by atoms with van der Waals surface area (Å²) in [7, 11) is 0. The molecule has 2 aliphatic rings. The Balaban J connectivity index is 1.50. The molecule has 0 spiro atoms. The first-order valence-electron chi connectivity index (χ1n) is 9.58. The van der Waals surface area contributed by atoms with Crippen molar-refractivity contribution in [3.8, 4) is 0 Å². The molecule has 1 aliphatic carbocycles. The first kappa shape index (κ1) is 18.4. The van der Waals surface area contributed by atoms with Gasteiger partial charge in [0.1, 0.15) is 6.04 Å². The van der Waals surface area contributed by atoms with E-state index in [1.165, 1.54) is 6.42 Å². The molecule has 1 aliphatic heterocycles. The molecule has 140 valence electrons. The van der Waals surface area contributed by atoms with Crippen LogP contribution in [-0.2, 0) is 9.59 Å². The lowest BCUT2D eigenvalue weighted by atomic mass is 9.95. The van der Waals surface area contributed by atoms with Gasteiger partial charge in [-0.05, 0) is 37.8 Å². The first-order chi connectivity index (χ1) is 12.6. The van der Waals surface area contributed by atoms with Gasteiger partial charge in [-0.25, -0.2) is 0 Å². The smallest absolute Gasteiger partial charge is 0.254 e. The monoisotopic (exact) mass is 357 g/mol. The summed E-state index contributed by atoms with van der Waals surface area (Å²) < 4.78 is 0. The Kier molecular flexibility index (Phi) is 6.26. The third-order valence-electron chi connectivity index (χ3n) is 5.23. The summed E-state index contributed by atoms with van der Waals surface area (Å²) in [6, 6.07) is 8.74. The summed E-state index contributed by atoms with van der Waals surface area (Å²) in [5.74, 6) is -0.523. The number of hydrogen-bond donors (Lipinski definition) is 2. The van der Waals surface area contributed by atoms with Crippen LogP contribution in [0.3, 0.4) is 0 Å². The van der Waals surface area contributed by atoms with Crippen molar-refractivity contribution < 1.29 is 14.4 Å². The SMILES string of the molecule is O=C(CNC(=O)C1CCCN1C(=O)c1ccccc1)NC1CCCCC1. The van der Waals surface area contributed by atoms with Crippen LogP contribution in [0.5, 0.6) is 0 Å². The van der Waals surface area contributed by atoms with Crippen LogP contribution < -0.4 is 10.6 Å². The van der Waals surface area contributed by atoms with E-state index in [4.69, 9.17) is 0 Å². The Morgan fingerprint density at radius 1 is 0.962 bits per heavy atom. The second-order valence-corrected chi connectivity index (χ2v) is 7.14. The molecule has 0 bridgehead atoms. The van der Waals surface area contributed by atoms with Crippen molar-refractivity contribution in [2.24, 2.45) is 0 Å². The molecule has 2 fully saturated rings. The van der Waals surface area contributed by atoms with Gasteiger partial charge in [0, 0.05) is 18.2 Å². The maximum Gasteiger partial charge on any atom is 0.254 e. The Bertz CT molecular complexity index is 641. The Hall–Kier alpha value is -2.37. The van der Waals surface area contributed by atoms with Gasteiger partial charge in [0.15, 0.2) is 0 Å². The molecule has 1 aromatic rings. The summed E-state index contributed by atoms with van der Waals surface area (Å²) in [6.45, 7) is 0.541. The summed E-state index contributed by atoms with van der Waals surface area (Å²) in [5.41, 5.74) is 0.585. The van der Waals surface area contributed by atoms with Crippen LogP contribution in [0.25, 0.3) is 0 Å². The maximum atomic E-state index is 12.6. The lowest BCUT2D eigenvalue weighted by Crippen LogP contribution is -2.49. The molecule has 6 heteroatoms. The molecule has 26 heavy (non-hydrogen) atoms. The molecule has 6 nitrogen and oxygen atoms in total. The normalized spacial score (nSPS) is 20.6. The van der Waals surface area contributed by atoms with E-state index in [0.29, 0.717) is 18.5 Å². The minimum Gasteiger partial charge on any atom is -0.352 e. The lowest BCUT2D eigenvalue weighted by molar-refractivity contribution is -0.128. The average molecular weight is 357 g/mol. The van der Waals surface area contributed by atoms with E-state index in [-0.39, 0.29) is 30.3 Å². The molecule has 1 aromatic carbocycles. The summed E-state index contributed by atoms with van der Waals surface area (Å²) in [6.07, 6.45) is 6.99. The van der Waals surface area contributed by atoms with Crippen LogP contribution in [-0.4, -0.2) is 47.8 Å². The number of benzene rings is 1. The van der Waals surface area contributed by atoms with Crippen molar-refractivity contribution in [1.29, 1.82) is 0 Å². The van der Waals surface area contributed by atoms with Crippen molar-refractivity contribution in [2.45, 2.75) is 57.0 Å². The molecular formula is C20H27N3O3. The minimum atomic E-state index is -0.495. The van der Waals surface area contributed by atoms with E-state index in [9.17, 15) is 14.4 Å². The molecule has 0 radical (unpaired) electrons. The Morgan fingerprint density at radius 3 is 2.42 bits per heavy atom. The third-order valence-corrected chi connectivity index (χ3v) is 5.23. The van der Waals surface area contributed by atoms with Gasteiger partial charge in [-0.2, -0.15) is 0 Å². The van der Waals surface area contributed by atoms with E-state index in [1.54, 1.807) is 17.0 Å². The van der Waals surface area contributed by atoms with E-state index in [0.717, 1.165) is 32.1 Å². The number of likely N-dealkylation sites (tertiary alicyclic amines) is 1. The molecule has 1 unspecified atom stereocenters. The maximum absolute atomic E-state index is 12.6. The van der Waals surface area contributed by atoms with Crippen LogP contribution in [0.1, 0.15) is 55.3 Å². The summed E-state index contributed by atoms with van der Waals surface area (Å²) in [4.78, 5) is 38.8. The zero-order valence-electron chi connectivity index (χ0n) is 15.1. The van der Waals surface area contributed by atoms with Gasteiger partial charge in [-0.15, -0.1) is 0 Å². The summed E-state index contributed by atoms with van der Waals surface area (Å²) in [5, 5.41) is 5.70. The second-order valence-electron chi connectivity index (χ2n) is 7.14. The van der Waals surface area contributed by atoms with E-state index < -0.39 is 6.04 Å². The van der Waals surface area contributed by atoms with E-state index >= 15 is 0 Å². The average Bonchev–Trinajstić information content (AvgIpc) is 3.17. The minimum absolute atomic E-state index is 0.0286. The first-order valence-corrected chi connectivity index (χ1v) is 9.58. The molecule has 1 saturated carbocycles. The Morgan fingerprint density at radius 2 is 1.69 bits per heavy atom. The number of hydrogen-bond acceptors (Lipinski definition) is 3. The number of nitrogens with one attached hydrogen (secondary N) is 2. The highest BCUT2D eigenvalue weighted by Gasteiger charge is 2.34. The summed E-state index contributed by atoms with van der Waals surface area (Å²) >= 11 is 0. The highest BCUT2D eigenvalue weighted by molar-refractivity contribution is 5.98. The quantitative estimate of drug-likeness (QED) is 0.844. The lowest BCUT2D eigenvalue weighted by Gasteiger charge is -2.25. The molecule has 3 amide bonds. The standard InChI is InChI=1S/C20H27N3O3/c24-18(22-16-10-5-2-6-11-16)14-21-19(25)17-12-7-13-23(17)20(26)15-8-3-1-4-9-15/h1,3-4,8-9,16-17H,2,5-7,10-14H2,(H,21,25)(H,22,24). The number of nitrogens with zero attached hydrogens (tertiary/aromatic N) is 1. The molecule has 1 saturated heterocycles. The van der Waals surface area contributed by atoms with Crippen molar-refractivity contribution in [3.63, 3.8) is 0 Å². The van der Waals surface area contributed by atoms with Crippen molar-refractivity contribution in [3.05, 3.63) is 35.9 Å². The predicted molar refractivity (Wildman–Crippen MR) is 98.5 cm³/mol. The van der Waals surface area contributed by atoms with Gasteiger partial charge < -0.3 is 15.5 Å². The van der Waals surface area contributed by atoms with Gasteiger partial charge in [-0.3, -0.25) is 14.4 Å². The number of carbonyl (C=O) groups is 3. The zero-order chi connectivity index (χ0) is 18.4. The van der Waals surface area contributed by atoms with E-state index in [2.05, 4.69) is 10.6 Å². The van der Waals surface area contributed by atoms with E-state index in [1.807, 2.05) is 18.2 Å². The second kappa shape index (κ2) is 8.83. The van der Waals surface area contributed by atoms with Gasteiger partial charge in [-0.1, -0.05) is 37.5 Å². The number of amides is 3. The van der Waals surface area contributed by atoms with Gasteiger partial charge in [0.2, 0.25) is 11.8 Å². The molecule has 2 N–H and O–H groups in total. The Labute approximate surface area is 154 Å². The third kappa shape index (κ3) is 4.62. The molecule has 0 aromatic heterocycles. The van der Waals surface area contributed by atoms with Gasteiger partial charge in [0.05, 0.1) is 6.54 Å². The fourth-order valence-electron chi connectivity index (χ4n) is 3.84. The van der Waals surface area contributed by atoms with Crippen LogP contribution in [0, 0.1) is 0 Å². The topological polar surface area (TPSA) is 78.5 Å². The zero-order valence-corrected chi connectivity index (χ0v) is 15.1. The van der Waals surface area contributed by atoms with Crippen LogP contribution in [0.2, 0.25) is 0 Å². The molecule has 1 atom stereocenters. The van der Waals surface area contributed by atoms with Gasteiger partial charge in [0.25, 0.3) is 5.91 Å². The fourth-order valence-corrected chi connectivity index (χ4v) is 3.84. The highest BCUT2D eigenvalue weighted by Crippen LogP contribution is 2.20. The van der Waals surface area contributed by atoms with Crippen LogP contribution >= 0.6 is 0 Å². The molecular weight excluding hydrogens is 330 g/mol. The van der Waals surface area contributed by atoms with Crippen molar-refractivity contribution in [2.75, 3.05) is 13.1 Å². The largest absolute Gasteiger partial charge is 0.352 e. The molecule has 3 rings (SSSR count). The highest BCUT2D eigenvalue weighted by atomic mass is 16.2. The number of carbonyl (C=O) groups excluding carboxylic acids is 3. The predicted octanol–water partition coefficient (Wildman–Crippen LogP) is 1.86. The number of rotatable bonds is 5. The van der Waals surface area contributed by atoms with Crippen molar-refractivity contribution >= 4 is 17.7 Å². The van der Waals surface area contributed by atoms with Gasteiger partial charge >= 0.3 is 0 Å². The van der Waals surface area contributed by atoms with Crippen LogP contribution in [0.4, 0.5) is 0 Å². The van der Waals surface area contributed by atoms with Crippen LogP contribution in [0.15, 0.2) is 30.3 Å². The fraction of sp³-hybridized carbons (Fsp3) is 0.550. The van der Waals surface area contributed by atoms with Crippen molar-refractivity contribution in [1.82, 2.24) is 15.5 Å². The molecule has 1 heterocycles.